The molecule has 0 spiro atoms. The van der Waals surface area contributed by atoms with Gasteiger partial charge in [0.15, 0.2) is 0 Å². The van der Waals surface area contributed by atoms with E-state index < -0.39 is 0 Å². The van der Waals surface area contributed by atoms with Crippen molar-refractivity contribution in [1.29, 1.82) is 0 Å². The second-order valence-electron chi connectivity index (χ2n) is 6.52. The SMILES string of the molecule is CCN1CCC[C@@H]1Cn1cnc2c([nH]c3ccc(C)cc32)c1=O. The first-order valence-electron chi connectivity index (χ1n) is 8.39. The third-order valence-corrected chi connectivity index (χ3v) is 5.04. The summed E-state index contributed by atoms with van der Waals surface area (Å²) in [5, 5.41) is 1.03. The number of hydrogen-bond acceptors (Lipinski definition) is 3. The minimum absolute atomic E-state index is 0.0341. The third kappa shape index (κ3) is 2.36. The fraction of sp³-hybridized carbons (Fsp3) is 0.444. The lowest BCUT2D eigenvalue weighted by Gasteiger charge is -2.23. The minimum Gasteiger partial charge on any atom is -0.349 e. The fourth-order valence-corrected chi connectivity index (χ4v) is 3.78. The van der Waals surface area contributed by atoms with Crippen molar-refractivity contribution >= 4 is 21.9 Å². The smallest absolute Gasteiger partial charge is 0.277 e. The lowest BCUT2D eigenvalue weighted by molar-refractivity contribution is 0.242. The van der Waals surface area contributed by atoms with E-state index in [4.69, 9.17) is 0 Å². The topological polar surface area (TPSA) is 53.9 Å². The molecule has 1 saturated heterocycles. The Morgan fingerprint density at radius 3 is 3.09 bits per heavy atom. The maximum atomic E-state index is 12.8. The second-order valence-corrected chi connectivity index (χ2v) is 6.52. The number of likely N-dealkylation sites (tertiary alicyclic amines) is 1. The minimum atomic E-state index is 0.0341. The Kier molecular flexibility index (Phi) is 3.45. The van der Waals surface area contributed by atoms with E-state index in [1.165, 1.54) is 12.0 Å². The van der Waals surface area contributed by atoms with E-state index in [-0.39, 0.29) is 5.56 Å². The Labute approximate surface area is 134 Å². The fourth-order valence-electron chi connectivity index (χ4n) is 3.78. The van der Waals surface area contributed by atoms with Gasteiger partial charge in [0.1, 0.15) is 11.0 Å². The Hall–Kier alpha value is -2.14. The van der Waals surface area contributed by atoms with Gasteiger partial charge in [-0.15, -0.1) is 0 Å². The van der Waals surface area contributed by atoms with Crippen molar-refractivity contribution in [1.82, 2.24) is 19.4 Å². The monoisotopic (exact) mass is 310 g/mol. The van der Waals surface area contributed by atoms with Crippen LogP contribution in [-0.4, -0.2) is 38.6 Å². The van der Waals surface area contributed by atoms with Crippen LogP contribution in [0.1, 0.15) is 25.3 Å². The van der Waals surface area contributed by atoms with Gasteiger partial charge in [-0.05, 0) is 45.0 Å². The number of rotatable bonds is 3. The summed E-state index contributed by atoms with van der Waals surface area (Å²) >= 11 is 0. The van der Waals surface area contributed by atoms with Crippen molar-refractivity contribution in [3.8, 4) is 0 Å². The van der Waals surface area contributed by atoms with Gasteiger partial charge in [0.25, 0.3) is 5.56 Å². The van der Waals surface area contributed by atoms with Crippen LogP contribution < -0.4 is 5.56 Å². The first kappa shape index (κ1) is 14.5. The quantitative estimate of drug-likeness (QED) is 0.809. The van der Waals surface area contributed by atoms with Crippen molar-refractivity contribution in [3.05, 3.63) is 40.4 Å². The molecule has 1 aliphatic heterocycles. The van der Waals surface area contributed by atoms with Crippen LogP contribution in [-0.2, 0) is 6.54 Å². The molecule has 2 aromatic heterocycles. The zero-order valence-corrected chi connectivity index (χ0v) is 13.7. The highest BCUT2D eigenvalue weighted by molar-refractivity contribution is 6.04. The number of nitrogens with zero attached hydrogens (tertiary/aromatic N) is 3. The first-order chi connectivity index (χ1) is 11.2. The number of benzene rings is 1. The van der Waals surface area contributed by atoms with Crippen LogP contribution in [0.5, 0.6) is 0 Å². The highest BCUT2D eigenvalue weighted by atomic mass is 16.1. The van der Waals surface area contributed by atoms with E-state index in [2.05, 4.69) is 34.8 Å². The van der Waals surface area contributed by atoms with Gasteiger partial charge in [-0.1, -0.05) is 18.6 Å². The van der Waals surface area contributed by atoms with Gasteiger partial charge in [0, 0.05) is 23.5 Å². The predicted molar refractivity (Wildman–Crippen MR) is 92.9 cm³/mol. The van der Waals surface area contributed by atoms with Crippen LogP contribution in [0, 0.1) is 6.92 Å². The lowest BCUT2D eigenvalue weighted by Crippen LogP contribution is -2.36. The van der Waals surface area contributed by atoms with Crippen LogP contribution in [0.2, 0.25) is 0 Å². The highest BCUT2D eigenvalue weighted by Gasteiger charge is 2.24. The maximum Gasteiger partial charge on any atom is 0.277 e. The molecule has 5 nitrogen and oxygen atoms in total. The molecule has 0 amide bonds. The predicted octanol–water partition coefficient (Wildman–Crippen LogP) is 2.67. The summed E-state index contributed by atoms with van der Waals surface area (Å²) in [6.45, 7) is 7.14. The molecule has 1 fully saturated rings. The number of nitrogens with one attached hydrogen (secondary N) is 1. The number of H-pyrrole nitrogens is 1. The average molecular weight is 310 g/mol. The molecule has 0 radical (unpaired) electrons. The molecule has 4 rings (SSSR count). The Balaban J connectivity index is 1.79. The van der Waals surface area contributed by atoms with E-state index in [9.17, 15) is 4.79 Å². The van der Waals surface area contributed by atoms with Crippen LogP contribution >= 0.6 is 0 Å². The van der Waals surface area contributed by atoms with Crippen LogP contribution in [0.25, 0.3) is 21.9 Å². The van der Waals surface area contributed by atoms with Crippen molar-refractivity contribution in [2.45, 2.75) is 39.3 Å². The summed E-state index contributed by atoms with van der Waals surface area (Å²) in [7, 11) is 0. The van der Waals surface area contributed by atoms with E-state index in [1.54, 1.807) is 10.9 Å². The molecule has 120 valence electrons. The normalized spacial score (nSPS) is 19.1. The first-order valence-corrected chi connectivity index (χ1v) is 8.39. The number of aromatic amines is 1. The standard InChI is InChI=1S/C18H22N4O/c1-3-21-8-4-5-13(21)10-22-11-19-16-14-9-12(2)6-7-15(14)20-17(16)18(22)23/h6-7,9,11,13,20H,3-5,8,10H2,1-2H3/t13-/m1/s1. The molecule has 1 N–H and O–H groups in total. The van der Waals surface area contributed by atoms with Crippen LogP contribution in [0.15, 0.2) is 29.3 Å². The van der Waals surface area contributed by atoms with Crippen molar-refractivity contribution < 1.29 is 0 Å². The molecule has 0 saturated carbocycles. The summed E-state index contributed by atoms with van der Waals surface area (Å²) in [5.74, 6) is 0. The molecule has 0 bridgehead atoms. The Bertz CT molecular complexity index is 924. The molecule has 5 heteroatoms. The third-order valence-electron chi connectivity index (χ3n) is 5.04. The molecule has 3 heterocycles. The summed E-state index contributed by atoms with van der Waals surface area (Å²) < 4.78 is 1.77. The van der Waals surface area contributed by atoms with E-state index in [0.29, 0.717) is 11.6 Å². The van der Waals surface area contributed by atoms with Gasteiger partial charge in [-0.2, -0.15) is 0 Å². The zero-order chi connectivity index (χ0) is 16.0. The zero-order valence-electron chi connectivity index (χ0n) is 13.7. The van der Waals surface area contributed by atoms with Gasteiger partial charge < -0.3 is 4.98 Å². The average Bonchev–Trinajstić information content (AvgIpc) is 3.14. The molecule has 1 atom stereocenters. The van der Waals surface area contributed by atoms with E-state index in [1.807, 2.05) is 12.1 Å². The van der Waals surface area contributed by atoms with E-state index >= 15 is 0 Å². The number of aryl methyl sites for hydroxylation is 1. The van der Waals surface area contributed by atoms with Gasteiger partial charge in [0.05, 0.1) is 6.33 Å². The Morgan fingerprint density at radius 1 is 1.39 bits per heavy atom. The molecule has 0 aliphatic carbocycles. The number of likely N-dealkylation sites (N-methyl/N-ethyl adjacent to an activating group) is 1. The van der Waals surface area contributed by atoms with Crippen LogP contribution in [0.3, 0.4) is 0 Å². The molecular weight excluding hydrogens is 288 g/mol. The number of aromatic nitrogens is 3. The van der Waals surface area contributed by atoms with Gasteiger partial charge >= 0.3 is 0 Å². The largest absolute Gasteiger partial charge is 0.349 e. The lowest BCUT2D eigenvalue weighted by atomic mass is 10.1. The van der Waals surface area contributed by atoms with Crippen molar-refractivity contribution in [2.24, 2.45) is 0 Å². The Morgan fingerprint density at radius 2 is 2.26 bits per heavy atom. The number of fused-ring (bicyclic) bond motifs is 3. The summed E-state index contributed by atoms with van der Waals surface area (Å²) in [5.41, 5.74) is 3.59. The van der Waals surface area contributed by atoms with Gasteiger partial charge in [-0.3, -0.25) is 14.3 Å². The highest BCUT2D eigenvalue weighted by Crippen LogP contribution is 2.23. The van der Waals surface area contributed by atoms with Gasteiger partial charge in [0.2, 0.25) is 0 Å². The summed E-state index contributed by atoms with van der Waals surface area (Å²) in [6.07, 6.45) is 4.09. The summed E-state index contributed by atoms with van der Waals surface area (Å²) in [4.78, 5) is 23.1. The van der Waals surface area contributed by atoms with Gasteiger partial charge in [-0.25, -0.2) is 4.98 Å². The van der Waals surface area contributed by atoms with Crippen molar-refractivity contribution in [3.63, 3.8) is 0 Å². The summed E-state index contributed by atoms with van der Waals surface area (Å²) in [6, 6.07) is 6.60. The molecule has 1 aliphatic rings. The number of hydrogen-bond donors (Lipinski definition) is 1. The second kappa shape index (κ2) is 5.49. The van der Waals surface area contributed by atoms with Crippen molar-refractivity contribution in [2.75, 3.05) is 13.1 Å². The van der Waals surface area contributed by atoms with Crippen LogP contribution in [0.4, 0.5) is 0 Å². The molecule has 3 aromatic rings. The van der Waals surface area contributed by atoms with E-state index in [0.717, 1.165) is 42.5 Å². The molecule has 0 unspecified atom stereocenters. The maximum absolute atomic E-state index is 12.8. The molecule has 1 aromatic carbocycles. The molecular formula is C18H22N4O. The molecule has 23 heavy (non-hydrogen) atoms.